The Hall–Kier alpha value is -3.34. The van der Waals surface area contributed by atoms with E-state index in [0.29, 0.717) is 16.9 Å². The molecule has 1 heterocycles. The third-order valence-electron chi connectivity index (χ3n) is 3.89. The quantitative estimate of drug-likeness (QED) is 0.397. The molecule has 0 saturated heterocycles. The van der Waals surface area contributed by atoms with Crippen LogP contribution in [0.5, 0.6) is 5.75 Å². The molecule has 2 aromatic carbocycles. The largest absolute Gasteiger partial charge is 0.496 e. The summed E-state index contributed by atoms with van der Waals surface area (Å²) in [6.07, 6.45) is 2.96. The lowest BCUT2D eigenvalue weighted by molar-refractivity contribution is -0.138. The number of ether oxygens (including phenoxy) is 2. The lowest BCUT2D eigenvalue weighted by Crippen LogP contribution is -2.05. The van der Waals surface area contributed by atoms with Gasteiger partial charge in [-0.05, 0) is 30.7 Å². The van der Waals surface area contributed by atoms with E-state index in [4.69, 9.17) is 13.9 Å². The highest BCUT2D eigenvalue weighted by molar-refractivity contribution is 5.88. The fourth-order valence-electron chi connectivity index (χ4n) is 2.62. The van der Waals surface area contributed by atoms with Gasteiger partial charge < -0.3 is 13.9 Å². The Morgan fingerprint density at radius 2 is 1.96 bits per heavy atom. The summed E-state index contributed by atoms with van der Waals surface area (Å²) in [6, 6.07) is 14.2. The highest BCUT2D eigenvalue weighted by Gasteiger charge is 2.08. The fraction of sp³-hybridized carbons (Fsp3) is 0.143. The zero-order valence-electron chi connectivity index (χ0n) is 14.5. The van der Waals surface area contributed by atoms with Crippen LogP contribution >= 0.6 is 0 Å². The highest BCUT2D eigenvalue weighted by atomic mass is 16.5. The molecule has 0 amide bonds. The first-order chi connectivity index (χ1) is 12.6. The minimum absolute atomic E-state index is 0.0136. The highest BCUT2D eigenvalue weighted by Crippen LogP contribution is 2.20. The van der Waals surface area contributed by atoms with Crippen molar-refractivity contribution in [3.8, 4) is 5.75 Å². The standard InChI is InChI=1S/C21H18O5/c1-14-7-9-17-16(12-21(23)26-19(17)11-14)13-25-20(22)10-8-15-5-3-4-6-18(15)24-2/h3-12H,13H2,1-2H3/b10-8+. The van der Waals surface area contributed by atoms with Gasteiger partial charge in [-0.1, -0.05) is 30.3 Å². The first-order valence-corrected chi connectivity index (χ1v) is 8.08. The second-order valence-electron chi connectivity index (χ2n) is 5.77. The fourth-order valence-corrected chi connectivity index (χ4v) is 2.62. The monoisotopic (exact) mass is 350 g/mol. The molecule has 5 nitrogen and oxygen atoms in total. The summed E-state index contributed by atoms with van der Waals surface area (Å²) in [5.74, 6) is 0.156. The minimum atomic E-state index is -0.510. The molecule has 132 valence electrons. The van der Waals surface area contributed by atoms with Gasteiger partial charge in [-0.2, -0.15) is 0 Å². The lowest BCUT2D eigenvalue weighted by atomic mass is 10.1. The number of esters is 1. The molecule has 0 atom stereocenters. The Balaban J connectivity index is 1.75. The predicted molar refractivity (Wildman–Crippen MR) is 99.0 cm³/mol. The van der Waals surface area contributed by atoms with Crippen LogP contribution in [0.3, 0.4) is 0 Å². The van der Waals surface area contributed by atoms with Gasteiger partial charge in [0.15, 0.2) is 0 Å². The van der Waals surface area contributed by atoms with E-state index in [9.17, 15) is 9.59 Å². The zero-order valence-corrected chi connectivity index (χ0v) is 14.5. The number of hydrogen-bond acceptors (Lipinski definition) is 5. The minimum Gasteiger partial charge on any atom is -0.496 e. The van der Waals surface area contributed by atoms with Crippen LogP contribution in [0.1, 0.15) is 16.7 Å². The summed E-state index contributed by atoms with van der Waals surface area (Å²) in [5.41, 5.74) is 2.37. The molecule has 0 aliphatic rings. The number of fused-ring (bicyclic) bond motifs is 1. The summed E-state index contributed by atoms with van der Waals surface area (Å²) < 4.78 is 15.7. The molecular formula is C21H18O5. The summed E-state index contributed by atoms with van der Waals surface area (Å²) in [6.45, 7) is 1.90. The molecule has 26 heavy (non-hydrogen) atoms. The van der Waals surface area contributed by atoms with Gasteiger partial charge in [0.25, 0.3) is 0 Å². The van der Waals surface area contributed by atoms with Gasteiger partial charge in [-0.25, -0.2) is 9.59 Å². The topological polar surface area (TPSA) is 65.7 Å². The van der Waals surface area contributed by atoms with Gasteiger partial charge >= 0.3 is 11.6 Å². The number of para-hydroxylation sites is 1. The van der Waals surface area contributed by atoms with Crippen molar-refractivity contribution in [2.45, 2.75) is 13.5 Å². The average Bonchev–Trinajstić information content (AvgIpc) is 2.64. The van der Waals surface area contributed by atoms with Crippen molar-refractivity contribution in [3.63, 3.8) is 0 Å². The van der Waals surface area contributed by atoms with Gasteiger partial charge in [-0.15, -0.1) is 0 Å². The van der Waals surface area contributed by atoms with E-state index in [0.717, 1.165) is 16.5 Å². The van der Waals surface area contributed by atoms with Crippen LogP contribution in [0, 0.1) is 6.92 Å². The van der Waals surface area contributed by atoms with Gasteiger partial charge in [-0.3, -0.25) is 0 Å². The first kappa shape index (κ1) is 17.5. The number of aryl methyl sites for hydroxylation is 1. The molecule has 0 radical (unpaired) electrons. The van der Waals surface area contributed by atoms with Crippen LogP contribution in [0.2, 0.25) is 0 Å². The van der Waals surface area contributed by atoms with Crippen molar-refractivity contribution in [2.24, 2.45) is 0 Å². The second-order valence-corrected chi connectivity index (χ2v) is 5.77. The van der Waals surface area contributed by atoms with E-state index >= 15 is 0 Å². The summed E-state index contributed by atoms with van der Waals surface area (Å²) in [5, 5.41) is 0.747. The third-order valence-corrected chi connectivity index (χ3v) is 3.89. The molecule has 1 aromatic heterocycles. The Bertz CT molecular complexity index is 1030. The molecule has 0 fully saturated rings. The third kappa shape index (κ3) is 4.00. The van der Waals surface area contributed by atoms with E-state index in [1.807, 2.05) is 43.3 Å². The molecule has 0 N–H and O–H groups in total. The van der Waals surface area contributed by atoms with Crippen molar-refractivity contribution in [1.29, 1.82) is 0 Å². The van der Waals surface area contributed by atoms with E-state index in [-0.39, 0.29) is 6.61 Å². The van der Waals surface area contributed by atoms with Crippen molar-refractivity contribution < 1.29 is 18.7 Å². The normalized spacial score (nSPS) is 11.0. The SMILES string of the molecule is COc1ccccc1/C=C/C(=O)OCc1cc(=O)oc2cc(C)ccc12. The van der Waals surface area contributed by atoms with Crippen LogP contribution in [-0.2, 0) is 16.1 Å². The number of rotatable bonds is 5. The zero-order chi connectivity index (χ0) is 18.5. The molecule has 0 saturated carbocycles. The smallest absolute Gasteiger partial charge is 0.336 e. The van der Waals surface area contributed by atoms with Gasteiger partial charge in [0.2, 0.25) is 0 Å². The van der Waals surface area contributed by atoms with Crippen molar-refractivity contribution in [2.75, 3.05) is 7.11 Å². The van der Waals surface area contributed by atoms with Crippen LogP contribution in [0.4, 0.5) is 0 Å². The van der Waals surface area contributed by atoms with E-state index in [1.54, 1.807) is 19.3 Å². The molecular weight excluding hydrogens is 332 g/mol. The molecule has 0 aliphatic carbocycles. The number of benzene rings is 2. The Morgan fingerprint density at radius 1 is 1.15 bits per heavy atom. The predicted octanol–water partition coefficient (Wildman–Crippen LogP) is 3.87. The average molecular weight is 350 g/mol. The number of methoxy groups -OCH3 is 1. The van der Waals surface area contributed by atoms with E-state index in [2.05, 4.69) is 0 Å². The number of carbonyl (C=O) groups excluding carboxylic acids is 1. The maximum Gasteiger partial charge on any atom is 0.336 e. The Labute approximate surface area is 150 Å². The molecule has 0 spiro atoms. The molecule has 3 rings (SSSR count). The molecule has 0 bridgehead atoms. The van der Waals surface area contributed by atoms with Gasteiger partial charge in [0.1, 0.15) is 17.9 Å². The number of carbonyl (C=O) groups is 1. The van der Waals surface area contributed by atoms with Crippen molar-refractivity contribution >= 4 is 23.0 Å². The molecule has 5 heteroatoms. The van der Waals surface area contributed by atoms with Crippen molar-refractivity contribution in [1.82, 2.24) is 0 Å². The second kappa shape index (κ2) is 7.70. The molecule has 0 aliphatic heterocycles. The maximum absolute atomic E-state index is 12.0. The van der Waals surface area contributed by atoms with Crippen LogP contribution in [0.15, 0.2) is 63.8 Å². The van der Waals surface area contributed by atoms with Gasteiger partial charge in [0, 0.05) is 28.7 Å². The van der Waals surface area contributed by atoms with Crippen molar-refractivity contribution in [3.05, 3.63) is 81.7 Å². The Morgan fingerprint density at radius 3 is 2.77 bits per heavy atom. The maximum atomic E-state index is 12.0. The van der Waals surface area contributed by atoms with E-state index < -0.39 is 11.6 Å². The van der Waals surface area contributed by atoms with Crippen LogP contribution in [-0.4, -0.2) is 13.1 Å². The summed E-state index contributed by atoms with van der Waals surface area (Å²) >= 11 is 0. The summed E-state index contributed by atoms with van der Waals surface area (Å²) in [7, 11) is 1.57. The number of hydrogen-bond donors (Lipinski definition) is 0. The molecule has 0 unspecified atom stereocenters. The van der Waals surface area contributed by atoms with Gasteiger partial charge in [0.05, 0.1) is 7.11 Å². The van der Waals surface area contributed by atoms with Crippen LogP contribution in [0.25, 0.3) is 17.0 Å². The molecule has 3 aromatic rings. The first-order valence-electron chi connectivity index (χ1n) is 8.08. The lowest BCUT2D eigenvalue weighted by Gasteiger charge is -2.06. The summed E-state index contributed by atoms with van der Waals surface area (Å²) in [4.78, 5) is 23.7. The van der Waals surface area contributed by atoms with Crippen LogP contribution < -0.4 is 10.4 Å². The Kier molecular flexibility index (Phi) is 5.17. The van der Waals surface area contributed by atoms with E-state index in [1.165, 1.54) is 12.1 Å².